The first-order valence-electron chi connectivity index (χ1n) is 10.8. The zero-order chi connectivity index (χ0) is 25.2. The quantitative estimate of drug-likeness (QED) is 0.154. The molecule has 1 aliphatic carbocycles. The van der Waals surface area contributed by atoms with Crippen LogP contribution in [0.2, 0.25) is 0 Å². The number of hydrogen-bond donors (Lipinski definition) is 5. The van der Waals surface area contributed by atoms with Crippen molar-refractivity contribution in [3.05, 3.63) is 60.1 Å². The van der Waals surface area contributed by atoms with Crippen molar-refractivity contribution in [1.29, 1.82) is 0 Å². The highest BCUT2D eigenvalue weighted by Gasteiger charge is 2.56. The Morgan fingerprint density at radius 2 is 1.91 bits per heavy atom. The maximum Gasteiger partial charge on any atom is 0.318 e. The van der Waals surface area contributed by atoms with Crippen LogP contribution in [0.3, 0.4) is 0 Å². The topological polar surface area (TPSA) is 160 Å². The van der Waals surface area contributed by atoms with E-state index in [1.54, 1.807) is 19.1 Å². The van der Waals surface area contributed by atoms with E-state index in [0.29, 0.717) is 42.3 Å². The molecule has 2 amide bonds. The molecule has 0 heterocycles. The number of amides is 2. The number of aliphatic imine (C=N–C) groups is 1. The van der Waals surface area contributed by atoms with Gasteiger partial charge in [-0.1, -0.05) is 39.2 Å². The third-order valence-electron chi connectivity index (χ3n) is 5.01. The number of carbonyl (C=O) groups excluding carboxylic acids is 1. The van der Waals surface area contributed by atoms with Crippen molar-refractivity contribution in [3.8, 4) is 0 Å². The molecule has 1 aliphatic rings. The summed E-state index contributed by atoms with van der Waals surface area (Å²) in [6.45, 7) is 13.7. The summed E-state index contributed by atoms with van der Waals surface area (Å²) >= 11 is 0. The third-order valence-corrected chi connectivity index (χ3v) is 7.67. The summed E-state index contributed by atoms with van der Waals surface area (Å²) in [5.74, 6) is 0.221. The lowest BCUT2D eigenvalue weighted by atomic mass is 10.2. The van der Waals surface area contributed by atoms with E-state index in [2.05, 4.69) is 28.8 Å². The fraction of sp³-hybridized carbons (Fsp3) is 0.478. The predicted octanol–water partition coefficient (Wildman–Crippen LogP) is 2.00. The van der Waals surface area contributed by atoms with Crippen molar-refractivity contribution in [3.63, 3.8) is 0 Å². The summed E-state index contributed by atoms with van der Waals surface area (Å²) in [5, 5.41) is 14.4. The number of sulfone groups is 1. The first-order chi connectivity index (χ1) is 15.4. The number of urea groups is 1. The standard InChI is InChI=1S/C23H37N5O4S/c1-6-19(9-8-17(4)27-22(30)26-15-16(2)3)18(5)28-21(25)14-20(24)23(10-11-23)33(31,32)13-7-12-29/h6,8-9,14,16,29H,1,5,7,10-13,15,24H2,2-4H3,(H2,25,28)(H2,26,27,30)/b17-8+,19-9+,20-14-. The summed E-state index contributed by atoms with van der Waals surface area (Å²) in [4.78, 5) is 16.0. The average molecular weight is 480 g/mol. The van der Waals surface area contributed by atoms with Crippen LogP contribution in [0.4, 0.5) is 4.79 Å². The molecule has 0 unspecified atom stereocenters. The van der Waals surface area contributed by atoms with E-state index in [-0.39, 0.29) is 36.3 Å². The molecule has 0 aromatic heterocycles. The molecule has 0 radical (unpaired) electrons. The second-order valence-electron chi connectivity index (χ2n) is 8.38. The monoisotopic (exact) mass is 479 g/mol. The Labute approximate surface area is 197 Å². The van der Waals surface area contributed by atoms with Gasteiger partial charge in [0.05, 0.1) is 11.4 Å². The molecule has 0 bridgehead atoms. The Kier molecular flexibility index (Phi) is 10.6. The van der Waals surface area contributed by atoms with Gasteiger partial charge in [-0.3, -0.25) is 0 Å². The van der Waals surface area contributed by atoms with Gasteiger partial charge in [0.25, 0.3) is 0 Å². The number of amidine groups is 1. The maximum atomic E-state index is 12.6. The molecule has 0 aromatic carbocycles. The van der Waals surface area contributed by atoms with Gasteiger partial charge in [0.1, 0.15) is 10.6 Å². The molecule has 0 saturated heterocycles. The van der Waals surface area contributed by atoms with Crippen LogP contribution in [0.1, 0.15) is 40.0 Å². The van der Waals surface area contributed by atoms with Crippen molar-refractivity contribution < 1.29 is 18.3 Å². The van der Waals surface area contributed by atoms with E-state index < -0.39 is 14.6 Å². The number of aliphatic hydroxyl groups is 1. The van der Waals surface area contributed by atoms with Crippen LogP contribution >= 0.6 is 0 Å². The SMILES string of the molecule is C=C/C(=C\C=C(/C)NC(=O)NCC(C)C)C(=C)/N=C(N)\C=C(/N)C1(S(=O)(=O)CCCO)CC1. The molecule has 184 valence electrons. The summed E-state index contributed by atoms with van der Waals surface area (Å²) in [5.41, 5.74) is 13.6. The number of hydrogen-bond acceptors (Lipinski definition) is 6. The van der Waals surface area contributed by atoms with Crippen LogP contribution in [-0.2, 0) is 9.84 Å². The zero-order valence-corrected chi connectivity index (χ0v) is 20.5. The van der Waals surface area contributed by atoms with Crippen LogP contribution in [-0.4, -0.2) is 49.0 Å². The van der Waals surface area contributed by atoms with E-state index in [9.17, 15) is 13.2 Å². The average Bonchev–Trinajstić information content (AvgIpc) is 3.54. The van der Waals surface area contributed by atoms with E-state index in [0.717, 1.165) is 0 Å². The zero-order valence-electron chi connectivity index (χ0n) is 19.7. The first-order valence-corrected chi connectivity index (χ1v) is 12.4. The number of nitrogens with zero attached hydrogens (tertiary/aromatic N) is 1. The molecule has 0 aliphatic heterocycles. The fourth-order valence-electron chi connectivity index (χ4n) is 2.94. The molecule has 0 atom stereocenters. The Hall–Kier alpha value is -2.85. The lowest BCUT2D eigenvalue weighted by Gasteiger charge is -2.16. The molecule has 10 heteroatoms. The first kappa shape index (κ1) is 28.2. The molecule has 1 rings (SSSR count). The maximum absolute atomic E-state index is 12.6. The van der Waals surface area contributed by atoms with E-state index in [4.69, 9.17) is 16.6 Å². The molecule has 0 spiro atoms. The van der Waals surface area contributed by atoms with Gasteiger partial charge >= 0.3 is 6.03 Å². The number of nitrogens with one attached hydrogen (secondary N) is 2. The van der Waals surface area contributed by atoms with Gasteiger partial charge < -0.3 is 27.2 Å². The molecule has 9 nitrogen and oxygen atoms in total. The van der Waals surface area contributed by atoms with Gasteiger partial charge in [0, 0.05) is 30.6 Å². The van der Waals surface area contributed by atoms with E-state index in [1.807, 2.05) is 13.8 Å². The number of nitrogens with two attached hydrogens (primary N) is 2. The van der Waals surface area contributed by atoms with Gasteiger partial charge in [0.15, 0.2) is 9.84 Å². The van der Waals surface area contributed by atoms with Gasteiger partial charge in [0.2, 0.25) is 0 Å². The summed E-state index contributed by atoms with van der Waals surface area (Å²) < 4.78 is 24.0. The number of rotatable bonds is 13. The molecule has 33 heavy (non-hydrogen) atoms. The Morgan fingerprint density at radius 1 is 1.27 bits per heavy atom. The molecule has 1 saturated carbocycles. The van der Waals surface area contributed by atoms with Crippen molar-refractivity contribution in [2.45, 2.75) is 44.8 Å². The van der Waals surface area contributed by atoms with E-state index >= 15 is 0 Å². The van der Waals surface area contributed by atoms with Crippen molar-refractivity contribution in [2.75, 3.05) is 18.9 Å². The Balaban J connectivity index is 2.91. The normalized spacial score (nSPS) is 17.0. The highest BCUT2D eigenvalue weighted by atomic mass is 32.2. The minimum absolute atomic E-state index is 0.0146. The minimum Gasteiger partial charge on any atom is -0.401 e. The number of carbonyl (C=O) groups is 1. The lowest BCUT2D eigenvalue weighted by Crippen LogP contribution is -2.36. The van der Waals surface area contributed by atoms with Crippen LogP contribution in [0, 0.1) is 5.92 Å². The van der Waals surface area contributed by atoms with Crippen LogP contribution in [0.25, 0.3) is 0 Å². The Bertz CT molecular complexity index is 971. The summed E-state index contributed by atoms with van der Waals surface area (Å²) in [7, 11) is -3.50. The third kappa shape index (κ3) is 8.54. The predicted molar refractivity (Wildman–Crippen MR) is 134 cm³/mol. The fourth-order valence-corrected chi connectivity index (χ4v) is 4.99. The van der Waals surface area contributed by atoms with Gasteiger partial charge in [-0.05, 0) is 43.8 Å². The molecule has 0 aromatic rings. The van der Waals surface area contributed by atoms with Gasteiger partial charge in [-0.25, -0.2) is 18.2 Å². The summed E-state index contributed by atoms with van der Waals surface area (Å²) in [6.07, 6.45) is 7.23. The molecule has 7 N–H and O–H groups in total. The smallest absolute Gasteiger partial charge is 0.318 e. The van der Waals surface area contributed by atoms with Gasteiger partial charge in [-0.2, -0.15) is 0 Å². The van der Waals surface area contributed by atoms with Crippen molar-refractivity contribution in [1.82, 2.24) is 10.6 Å². The second kappa shape index (κ2) is 12.4. The largest absolute Gasteiger partial charge is 0.401 e. The van der Waals surface area contributed by atoms with Crippen molar-refractivity contribution >= 4 is 21.7 Å². The number of allylic oxidation sites excluding steroid dienone is 4. The molecule has 1 fully saturated rings. The van der Waals surface area contributed by atoms with Crippen LogP contribution in [0.15, 0.2) is 65.1 Å². The highest BCUT2D eigenvalue weighted by molar-refractivity contribution is 7.93. The second-order valence-corrected chi connectivity index (χ2v) is 10.8. The Morgan fingerprint density at radius 3 is 2.42 bits per heavy atom. The van der Waals surface area contributed by atoms with Crippen LogP contribution < -0.4 is 22.1 Å². The van der Waals surface area contributed by atoms with Crippen molar-refractivity contribution in [2.24, 2.45) is 22.4 Å². The van der Waals surface area contributed by atoms with Gasteiger partial charge in [-0.15, -0.1) is 0 Å². The number of aliphatic hydroxyl groups excluding tert-OH is 1. The highest BCUT2D eigenvalue weighted by Crippen LogP contribution is 2.48. The van der Waals surface area contributed by atoms with Crippen LogP contribution in [0.5, 0.6) is 0 Å². The summed E-state index contributed by atoms with van der Waals surface area (Å²) in [6, 6.07) is -0.296. The molecular weight excluding hydrogens is 442 g/mol. The van der Waals surface area contributed by atoms with E-state index in [1.165, 1.54) is 12.2 Å². The molecular formula is C23H37N5O4S. The lowest BCUT2D eigenvalue weighted by molar-refractivity contribution is 0.242. The minimum atomic E-state index is -3.50.